The molecule has 0 radical (unpaired) electrons. The van der Waals surface area contributed by atoms with Crippen molar-refractivity contribution >= 4 is 16.1 Å². The SMILES string of the molecule is O=C(NC1CCCCC1)NS(=O)(=O)c1ccc(OCCCOc2ccc(Oc3ccccc3)cc2)cc1. The molecule has 0 aliphatic heterocycles. The highest BCUT2D eigenvalue weighted by molar-refractivity contribution is 7.90. The molecule has 0 spiro atoms. The number of carbonyl (C=O) groups is 1. The van der Waals surface area contributed by atoms with Crippen LogP contribution in [0.5, 0.6) is 23.0 Å². The van der Waals surface area contributed by atoms with Crippen LogP contribution < -0.4 is 24.2 Å². The number of nitrogens with one attached hydrogen (secondary N) is 2. The van der Waals surface area contributed by atoms with Crippen LogP contribution >= 0.6 is 0 Å². The molecule has 9 heteroatoms. The second-order valence-electron chi connectivity index (χ2n) is 8.82. The maximum absolute atomic E-state index is 12.5. The molecule has 2 amide bonds. The largest absolute Gasteiger partial charge is 0.493 e. The van der Waals surface area contributed by atoms with Gasteiger partial charge in [0.05, 0.1) is 18.1 Å². The Bertz CT molecular complexity index is 1230. The second-order valence-corrected chi connectivity index (χ2v) is 10.5. The molecule has 1 fully saturated rings. The molecule has 0 unspecified atom stereocenters. The smallest absolute Gasteiger partial charge is 0.328 e. The number of para-hydroxylation sites is 1. The second kappa shape index (κ2) is 13.0. The van der Waals surface area contributed by atoms with Crippen LogP contribution in [-0.2, 0) is 10.0 Å². The standard InChI is InChI=1S/C28H32N2O6S/c31-28(29-22-8-3-1-4-9-22)30-37(32,33)27-18-16-24(17-19-27)35-21-7-20-34-23-12-14-26(15-13-23)36-25-10-5-2-6-11-25/h2,5-6,10-19,22H,1,3-4,7-9,20-21H2,(H2,29,30,31). The first kappa shape index (κ1) is 26.3. The predicted octanol–water partition coefficient (Wildman–Crippen LogP) is 5.65. The zero-order chi connectivity index (χ0) is 25.9. The van der Waals surface area contributed by atoms with Crippen LogP contribution in [0.1, 0.15) is 38.5 Å². The molecule has 196 valence electrons. The summed E-state index contributed by atoms with van der Waals surface area (Å²) >= 11 is 0. The first-order chi connectivity index (χ1) is 18.0. The minimum atomic E-state index is -3.95. The summed E-state index contributed by atoms with van der Waals surface area (Å²) in [5, 5.41) is 2.75. The van der Waals surface area contributed by atoms with Gasteiger partial charge >= 0.3 is 6.03 Å². The predicted molar refractivity (Wildman–Crippen MR) is 141 cm³/mol. The Morgan fingerprint density at radius 1 is 0.730 bits per heavy atom. The summed E-state index contributed by atoms with van der Waals surface area (Å²) in [4.78, 5) is 12.1. The van der Waals surface area contributed by atoms with Crippen LogP contribution in [0.3, 0.4) is 0 Å². The molecule has 1 aliphatic carbocycles. The molecule has 8 nitrogen and oxygen atoms in total. The van der Waals surface area contributed by atoms with E-state index in [1.165, 1.54) is 12.1 Å². The Labute approximate surface area is 218 Å². The van der Waals surface area contributed by atoms with E-state index >= 15 is 0 Å². The number of benzene rings is 3. The van der Waals surface area contributed by atoms with Crippen molar-refractivity contribution in [2.75, 3.05) is 13.2 Å². The summed E-state index contributed by atoms with van der Waals surface area (Å²) in [6.45, 7) is 0.870. The number of ether oxygens (including phenoxy) is 3. The quantitative estimate of drug-likeness (QED) is 0.314. The Morgan fingerprint density at radius 2 is 1.27 bits per heavy atom. The van der Waals surface area contributed by atoms with Gasteiger partial charge in [0.2, 0.25) is 0 Å². The average molecular weight is 525 g/mol. The minimum Gasteiger partial charge on any atom is -0.493 e. The molecule has 0 bridgehead atoms. The van der Waals surface area contributed by atoms with Crippen molar-refractivity contribution in [2.45, 2.75) is 49.5 Å². The van der Waals surface area contributed by atoms with E-state index in [0.717, 1.165) is 49.4 Å². The van der Waals surface area contributed by atoms with Crippen LogP contribution in [0.15, 0.2) is 83.8 Å². The van der Waals surface area contributed by atoms with Gasteiger partial charge in [0.1, 0.15) is 23.0 Å². The highest BCUT2D eigenvalue weighted by Gasteiger charge is 2.21. The van der Waals surface area contributed by atoms with E-state index in [0.29, 0.717) is 25.4 Å². The fourth-order valence-electron chi connectivity index (χ4n) is 4.03. The fourth-order valence-corrected chi connectivity index (χ4v) is 4.94. The van der Waals surface area contributed by atoms with Crippen molar-refractivity contribution in [3.8, 4) is 23.0 Å². The molecular formula is C28H32N2O6S. The van der Waals surface area contributed by atoms with E-state index in [-0.39, 0.29) is 10.9 Å². The first-order valence-electron chi connectivity index (χ1n) is 12.5. The zero-order valence-corrected chi connectivity index (χ0v) is 21.4. The third kappa shape index (κ3) is 8.42. The summed E-state index contributed by atoms with van der Waals surface area (Å²) < 4.78 is 44.3. The lowest BCUT2D eigenvalue weighted by atomic mass is 9.96. The topological polar surface area (TPSA) is 103 Å². The Kier molecular flexibility index (Phi) is 9.26. The van der Waals surface area contributed by atoms with Gasteiger partial charge in [-0.1, -0.05) is 37.5 Å². The van der Waals surface area contributed by atoms with E-state index < -0.39 is 16.1 Å². The Hall–Kier alpha value is -3.72. The maximum atomic E-state index is 12.5. The molecule has 0 aromatic heterocycles. The number of urea groups is 1. The molecule has 0 saturated heterocycles. The molecule has 3 aromatic rings. The molecule has 1 aliphatic rings. The van der Waals surface area contributed by atoms with Gasteiger partial charge in [-0.05, 0) is 73.5 Å². The van der Waals surface area contributed by atoms with E-state index in [4.69, 9.17) is 14.2 Å². The fraction of sp³-hybridized carbons (Fsp3) is 0.321. The molecule has 37 heavy (non-hydrogen) atoms. The molecule has 0 atom stereocenters. The van der Waals surface area contributed by atoms with Crippen molar-refractivity contribution in [1.82, 2.24) is 10.0 Å². The Balaban J connectivity index is 1.15. The zero-order valence-electron chi connectivity index (χ0n) is 20.6. The number of hydrogen-bond donors (Lipinski definition) is 2. The average Bonchev–Trinajstić information content (AvgIpc) is 2.90. The van der Waals surface area contributed by atoms with Gasteiger partial charge in [-0.3, -0.25) is 0 Å². The minimum absolute atomic E-state index is 0.00154. The lowest BCUT2D eigenvalue weighted by Crippen LogP contribution is -2.45. The summed E-state index contributed by atoms with van der Waals surface area (Å²) in [5.41, 5.74) is 0. The third-order valence-electron chi connectivity index (χ3n) is 5.93. The van der Waals surface area contributed by atoms with Crippen molar-refractivity contribution in [3.05, 3.63) is 78.9 Å². The summed E-state index contributed by atoms with van der Waals surface area (Å²) in [6.07, 6.45) is 5.64. The normalized spacial score (nSPS) is 13.9. The number of carbonyl (C=O) groups excluding carboxylic acids is 1. The van der Waals surface area contributed by atoms with Crippen molar-refractivity contribution in [1.29, 1.82) is 0 Å². The third-order valence-corrected chi connectivity index (χ3v) is 7.28. The maximum Gasteiger partial charge on any atom is 0.328 e. The van der Waals surface area contributed by atoms with Gasteiger partial charge in [-0.15, -0.1) is 0 Å². The van der Waals surface area contributed by atoms with Gasteiger partial charge in [0, 0.05) is 12.5 Å². The molecule has 2 N–H and O–H groups in total. The lowest BCUT2D eigenvalue weighted by Gasteiger charge is -2.22. The molecule has 0 heterocycles. The van der Waals surface area contributed by atoms with Gasteiger partial charge in [0.25, 0.3) is 10.0 Å². The van der Waals surface area contributed by atoms with E-state index in [2.05, 4.69) is 10.0 Å². The Morgan fingerprint density at radius 3 is 1.89 bits per heavy atom. The van der Waals surface area contributed by atoms with Crippen molar-refractivity contribution < 1.29 is 27.4 Å². The molecule has 3 aromatic carbocycles. The molecular weight excluding hydrogens is 492 g/mol. The van der Waals surface area contributed by atoms with E-state index in [1.807, 2.05) is 54.6 Å². The van der Waals surface area contributed by atoms with Gasteiger partial charge in [-0.25, -0.2) is 17.9 Å². The van der Waals surface area contributed by atoms with Crippen LogP contribution in [-0.4, -0.2) is 33.7 Å². The van der Waals surface area contributed by atoms with Crippen LogP contribution in [0, 0.1) is 0 Å². The number of hydrogen-bond acceptors (Lipinski definition) is 6. The van der Waals surface area contributed by atoms with E-state index in [1.54, 1.807) is 12.1 Å². The van der Waals surface area contributed by atoms with E-state index in [9.17, 15) is 13.2 Å². The highest BCUT2D eigenvalue weighted by atomic mass is 32.2. The number of amides is 2. The van der Waals surface area contributed by atoms with Crippen molar-refractivity contribution in [2.24, 2.45) is 0 Å². The first-order valence-corrected chi connectivity index (χ1v) is 14.0. The highest BCUT2D eigenvalue weighted by Crippen LogP contribution is 2.24. The van der Waals surface area contributed by atoms with Gasteiger partial charge < -0.3 is 19.5 Å². The number of sulfonamides is 1. The van der Waals surface area contributed by atoms with Crippen LogP contribution in [0.4, 0.5) is 4.79 Å². The molecule has 1 saturated carbocycles. The van der Waals surface area contributed by atoms with Gasteiger partial charge in [-0.2, -0.15) is 0 Å². The lowest BCUT2D eigenvalue weighted by molar-refractivity contribution is 0.237. The monoisotopic (exact) mass is 524 g/mol. The number of rotatable bonds is 11. The summed E-state index contributed by atoms with van der Waals surface area (Å²) in [6, 6.07) is 22.3. The summed E-state index contributed by atoms with van der Waals surface area (Å²) in [7, 11) is -3.95. The van der Waals surface area contributed by atoms with Crippen molar-refractivity contribution in [3.63, 3.8) is 0 Å². The van der Waals surface area contributed by atoms with Gasteiger partial charge in [0.15, 0.2) is 0 Å². The van der Waals surface area contributed by atoms with Crippen LogP contribution in [0.25, 0.3) is 0 Å². The van der Waals surface area contributed by atoms with Crippen LogP contribution in [0.2, 0.25) is 0 Å². The molecule has 4 rings (SSSR count). The summed E-state index contributed by atoms with van der Waals surface area (Å²) in [5.74, 6) is 2.77.